The first-order valence-electron chi connectivity index (χ1n) is 5.42. The molecule has 0 bridgehead atoms. The first-order chi connectivity index (χ1) is 8.65. The van der Waals surface area contributed by atoms with E-state index in [2.05, 4.69) is 26.0 Å². The van der Waals surface area contributed by atoms with Crippen molar-refractivity contribution in [2.75, 3.05) is 0 Å². The van der Waals surface area contributed by atoms with Gasteiger partial charge in [0.2, 0.25) is 0 Å². The van der Waals surface area contributed by atoms with Crippen molar-refractivity contribution >= 4 is 33.2 Å². The Morgan fingerprint density at radius 2 is 1.94 bits per heavy atom. The second kappa shape index (κ2) is 4.37. The molecule has 18 heavy (non-hydrogen) atoms. The number of halogens is 2. The zero-order valence-corrected chi connectivity index (χ0v) is 11.9. The fourth-order valence-corrected chi connectivity index (χ4v) is 2.33. The lowest BCUT2D eigenvalue weighted by Gasteiger charge is -2.05. The van der Waals surface area contributed by atoms with Gasteiger partial charge in [0.1, 0.15) is 0 Å². The molecule has 0 saturated heterocycles. The van der Waals surface area contributed by atoms with Crippen LogP contribution in [0.3, 0.4) is 0 Å². The van der Waals surface area contributed by atoms with Crippen LogP contribution in [0.25, 0.3) is 16.9 Å². The van der Waals surface area contributed by atoms with Gasteiger partial charge in [-0.15, -0.1) is 0 Å². The number of benzene rings is 1. The molecule has 0 amide bonds. The smallest absolute Gasteiger partial charge is 0.170 e. The minimum Gasteiger partial charge on any atom is -0.227 e. The maximum Gasteiger partial charge on any atom is 0.170 e. The van der Waals surface area contributed by atoms with E-state index in [4.69, 9.17) is 11.6 Å². The summed E-state index contributed by atoms with van der Waals surface area (Å²) in [6.07, 6.45) is 1.75. The molecule has 0 saturated carbocycles. The highest BCUT2D eigenvalue weighted by atomic mass is 79.9. The Morgan fingerprint density at radius 1 is 1.22 bits per heavy atom. The summed E-state index contributed by atoms with van der Waals surface area (Å²) in [5.41, 5.74) is 3.81. The topological polar surface area (TPSA) is 30.2 Å². The van der Waals surface area contributed by atoms with Crippen molar-refractivity contribution in [3.63, 3.8) is 0 Å². The van der Waals surface area contributed by atoms with Crippen LogP contribution in [0.2, 0.25) is 5.02 Å². The van der Waals surface area contributed by atoms with Crippen LogP contribution in [0.4, 0.5) is 0 Å². The van der Waals surface area contributed by atoms with E-state index in [1.165, 1.54) is 0 Å². The zero-order valence-electron chi connectivity index (χ0n) is 9.56. The summed E-state index contributed by atoms with van der Waals surface area (Å²) < 4.78 is 2.70. The van der Waals surface area contributed by atoms with Crippen LogP contribution in [-0.4, -0.2) is 14.6 Å². The molecule has 3 nitrogen and oxygen atoms in total. The quantitative estimate of drug-likeness (QED) is 0.674. The second-order valence-electron chi connectivity index (χ2n) is 4.02. The molecule has 0 spiro atoms. The molecule has 0 radical (unpaired) electrons. The van der Waals surface area contributed by atoms with Crippen LogP contribution in [0, 0.1) is 6.92 Å². The summed E-state index contributed by atoms with van der Waals surface area (Å²) in [5.74, 6) is 0. The predicted molar refractivity (Wildman–Crippen MR) is 75.9 cm³/mol. The van der Waals surface area contributed by atoms with Crippen molar-refractivity contribution in [1.82, 2.24) is 14.6 Å². The number of aromatic nitrogens is 3. The van der Waals surface area contributed by atoms with Crippen molar-refractivity contribution < 1.29 is 0 Å². The molecule has 90 valence electrons. The third-order valence-electron chi connectivity index (χ3n) is 2.75. The van der Waals surface area contributed by atoms with E-state index >= 15 is 0 Å². The van der Waals surface area contributed by atoms with Gasteiger partial charge < -0.3 is 0 Å². The number of fused-ring (bicyclic) bond motifs is 1. The number of nitrogens with zero attached hydrogens (tertiary/aromatic N) is 3. The SMILES string of the molecule is Cc1cc(-c2ccc(Cl)cc2)nc2c(Br)cnn12. The number of hydrogen-bond donors (Lipinski definition) is 0. The normalized spacial score (nSPS) is 11.1. The first kappa shape index (κ1) is 11.7. The summed E-state index contributed by atoms with van der Waals surface area (Å²) in [5, 5.41) is 4.98. The van der Waals surface area contributed by atoms with Gasteiger partial charge in [-0.25, -0.2) is 9.50 Å². The van der Waals surface area contributed by atoms with E-state index in [-0.39, 0.29) is 0 Å². The molecule has 1 aromatic carbocycles. The molecule has 0 aliphatic carbocycles. The fourth-order valence-electron chi connectivity index (χ4n) is 1.85. The van der Waals surface area contributed by atoms with Crippen molar-refractivity contribution in [3.8, 4) is 11.3 Å². The Bertz CT molecular complexity index is 719. The Labute approximate surface area is 118 Å². The number of rotatable bonds is 1. The van der Waals surface area contributed by atoms with Gasteiger partial charge in [0, 0.05) is 16.3 Å². The molecule has 5 heteroatoms. The summed E-state index contributed by atoms with van der Waals surface area (Å²) in [7, 11) is 0. The molecule has 3 aromatic rings. The molecular weight excluding hydrogens is 314 g/mol. The van der Waals surface area contributed by atoms with Gasteiger partial charge in [-0.1, -0.05) is 23.7 Å². The van der Waals surface area contributed by atoms with Crippen LogP contribution in [0.15, 0.2) is 41.0 Å². The fraction of sp³-hybridized carbons (Fsp3) is 0.0769. The van der Waals surface area contributed by atoms with Gasteiger partial charge in [0.15, 0.2) is 5.65 Å². The Balaban J connectivity index is 2.23. The van der Waals surface area contributed by atoms with E-state index in [1.54, 1.807) is 6.20 Å². The highest BCUT2D eigenvalue weighted by Crippen LogP contribution is 2.24. The maximum atomic E-state index is 5.89. The lowest BCUT2D eigenvalue weighted by Crippen LogP contribution is -1.97. The zero-order chi connectivity index (χ0) is 12.7. The van der Waals surface area contributed by atoms with Crippen LogP contribution in [-0.2, 0) is 0 Å². The van der Waals surface area contributed by atoms with Crippen LogP contribution >= 0.6 is 27.5 Å². The lowest BCUT2D eigenvalue weighted by atomic mass is 10.1. The van der Waals surface area contributed by atoms with Crippen LogP contribution in [0.5, 0.6) is 0 Å². The van der Waals surface area contributed by atoms with E-state index in [0.29, 0.717) is 0 Å². The highest BCUT2D eigenvalue weighted by molar-refractivity contribution is 9.10. The minimum atomic E-state index is 0.724. The first-order valence-corrected chi connectivity index (χ1v) is 6.59. The predicted octanol–water partition coefficient (Wildman–Crippen LogP) is 4.12. The number of aryl methyl sites for hydroxylation is 1. The standard InChI is InChI=1S/C13H9BrClN3/c1-8-6-12(9-2-4-10(15)5-3-9)17-13-11(14)7-16-18(8)13/h2-7H,1H3. The second-order valence-corrected chi connectivity index (χ2v) is 5.31. The van der Waals surface area contributed by atoms with E-state index in [9.17, 15) is 0 Å². The van der Waals surface area contributed by atoms with Gasteiger partial charge in [-0.05, 0) is 41.1 Å². The van der Waals surface area contributed by atoms with Crippen molar-refractivity contribution in [2.24, 2.45) is 0 Å². The Hall–Kier alpha value is -1.39. The summed E-state index contributed by atoms with van der Waals surface area (Å²) in [6, 6.07) is 9.67. The molecule has 0 aliphatic heterocycles. The monoisotopic (exact) mass is 321 g/mol. The Kier molecular flexibility index (Phi) is 2.84. The minimum absolute atomic E-state index is 0.724. The third kappa shape index (κ3) is 1.91. The van der Waals surface area contributed by atoms with Gasteiger partial charge in [0.05, 0.1) is 16.4 Å². The molecular formula is C13H9BrClN3. The average molecular weight is 323 g/mol. The lowest BCUT2D eigenvalue weighted by molar-refractivity contribution is 0.896. The molecule has 0 unspecified atom stereocenters. The molecule has 0 aliphatic rings. The van der Waals surface area contributed by atoms with Crippen molar-refractivity contribution in [1.29, 1.82) is 0 Å². The largest absolute Gasteiger partial charge is 0.227 e. The summed E-state index contributed by atoms with van der Waals surface area (Å²) in [4.78, 5) is 4.61. The van der Waals surface area contributed by atoms with Crippen molar-refractivity contribution in [3.05, 3.63) is 51.7 Å². The van der Waals surface area contributed by atoms with Gasteiger partial charge in [-0.2, -0.15) is 5.10 Å². The van der Waals surface area contributed by atoms with Gasteiger partial charge >= 0.3 is 0 Å². The molecule has 3 rings (SSSR count). The summed E-state index contributed by atoms with van der Waals surface area (Å²) >= 11 is 9.34. The van der Waals surface area contributed by atoms with E-state index in [0.717, 1.165) is 32.1 Å². The van der Waals surface area contributed by atoms with E-state index < -0.39 is 0 Å². The van der Waals surface area contributed by atoms with Crippen LogP contribution < -0.4 is 0 Å². The van der Waals surface area contributed by atoms with Gasteiger partial charge in [-0.3, -0.25) is 0 Å². The number of hydrogen-bond acceptors (Lipinski definition) is 2. The molecule has 0 atom stereocenters. The Morgan fingerprint density at radius 3 is 2.67 bits per heavy atom. The average Bonchev–Trinajstić information content (AvgIpc) is 2.73. The molecule has 0 N–H and O–H groups in total. The molecule has 0 fully saturated rings. The highest BCUT2D eigenvalue weighted by Gasteiger charge is 2.08. The van der Waals surface area contributed by atoms with Crippen molar-refractivity contribution in [2.45, 2.75) is 6.92 Å². The van der Waals surface area contributed by atoms with Crippen LogP contribution in [0.1, 0.15) is 5.69 Å². The summed E-state index contributed by atoms with van der Waals surface area (Å²) in [6.45, 7) is 2.01. The van der Waals surface area contributed by atoms with E-state index in [1.807, 2.05) is 41.8 Å². The van der Waals surface area contributed by atoms with Gasteiger partial charge in [0.25, 0.3) is 0 Å². The third-order valence-corrected chi connectivity index (χ3v) is 3.56. The molecule has 2 heterocycles. The maximum absolute atomic E-state index is 5.89. The molecule has 2 aromatic heterocycles.